The van der Waals surface area contributed by atoms with E-state index < -0.39 is 0 Å². The van der Waals surface area contributed by atoms with E-state index >= 15 is 0 Å². The van der Waals surface area contributed by atoms with Gasteiger partial charge in [-0.3, -0.25) is 5.32 Å². The number of anilines is 1. The smallest absolute Gasteiger partial charge is 0.321 e. The number of nitrogens with one attached hydrogen (secondary N) is 2. The van der Waals surface area contributed by atoms with Crippen LogP contribution in [-0.2, 0) is 7.05 Å². The van der Waals surface area contributed by atoms with Crippen LogP contribution in [0.15, 0.2) is 17.9 Å². The van der Waals surface area contributed by atoms with E-state index in [-0.39, 0.29) is 12.1 Å². The van der Waals surface area contributed by atoms with Crippen LogP contribution in [0.5, 0.6) is 0 Å². The van der Waals surface area contributed by atoms with Crippen LogP contribution in [0.2, 0.25) is 0 Å². The molecule has 0 aliphatic heterocycles. The second-order valence-electron chi connectivity index (χ2n) is 3.46. The maximum atomic E-state index is 11.6. The van der Waals surface area contributed by atoms with Gasteiger partial charge >= 0.3 is 6.03 Å². The number of amides is 2. The third-order valence-corrected chi connectivity index (χ3v) is 2.82. The molecule has 2 N–H and O–H groups in total. The quantitative estimate of drug-likeness (QED) is 0.858. The Morgan fingerprint density at radius 1 is 1.59 bits per heavy atom. The average molecular weight is 252 g/mol. The Morgan fingerprint density at radius 2 is 2.41 bits per heavy atom. The Hall–Kier alpha value is -1.96. The maximum Gasteiger partial charge on any atom is 0.321 e. The molecule has 2 aromatic rings. The Bertz CT molecular complexity index is 493. The number of nitrogens with zero attached hydrogens (tertiary/aromatic N) is 4. The van der Waals surface area contributed by atoms with Gasteiger partial charge in [0.2, 0.25) is 0 Å². The zero-order chi connectivity index (χ0) is 12.3. The minimum atomic E-state index is -0.310. The highest BCUT2D eigenvalue weighted by Crippen LogP contribution is 2.11. The first kappa shape index (κ1) is 11.5. The van der Waals surface area contributed by atoms with E-state index in [1.807, 2.05) is 14.0 Å². The van der Waals surface area contributed by atoms with Gasteiger partial charge in [-0.2, -0.15) is 0 Å². The lowest BCUT2D eigenvalue weighted by Gasteiger charge is -2.12. The van der Waals surface area contributed by atoms with Gasteiger partial charge < -0.3 is 9.88 Å². The molecule has 1 atom stereocenters. The molecular formula is C9H12N6OS. The normalized spacial score (nSPS) is 12.1. The molecule has 0 saturated heterocycles. The first-order valence-corrected chi connectivity index (χ1v) is 5.85. The summed E-state index contributed by atoms with van der Waals surface area (Å²) >= 11 is 1.36. The second kappa shape index (κ2) is 4.91. The van der Waals surface area contributed by atoms with Crippen molar-refractivity contribution in [3.8, 4) is 0 Å². The predicted molar refractivity (Wildman–Crippen MR) is 63.7 cm³/mol. The lowest BCUT2D eigenvalue weighted by Crippen LogP contribution is -2.32. The number of thiazole rings is 1. The van der Waals surface area contributed by atoms with Crippen LogP contribution in [0.1, 0.15) is 18.8 Å². The van der Waals surface area contributed by atoms with E-state index in [9.17, 15) is 4.79 Å². The fourth-order valence-corrected chi connectivity index (χ4v) is 1.89. The first-order valence-electron chi connectivity index (χ1n) is 4.97. The number of aromatic nitrogens is 4. The summed E-state index contributed by atoms with van der Waals surface area (Å²) in [4.78, 5) is 15.6. The Morgan fingerprint density at radius 3 is 3.00 bits per heavy atom. The topological polar surface area (TPSA) is 84.7 Å². The van der Waals surface area contributed by atoms with Crippen LogP contribution in [-0.4, -0.2) is 25.8 Å². The van der Waals surface area contributed by atoms with E-state index in [0.29, 0.717) is 11.0 Å². The molecule has 90 valence electrons. The van der Waals surface area contributed by atoms with Crippen LogP contribution in [0.4, 0.5) is 9.93 Å². The lowest BCUT2D eigenvalue weighted by molar-refractivity contribution is 0.248. The summed E-state index contributed by atoms with van der Waals surface area (Å²) < 4.78 is 1.76. The van der Waals surface area contributed by atoms with Gasteiger partial charge in [-0.25, -0.2) is 9.78 Å². The minimum absolute atomic E-state index is 0.220. The lowest BCUT2D eigenvalue weighted by atomic mass is 10.3. The molecule has 17 heavy (non-hydrogen) atoms. The summed E-state index contributed by atoms with van der Waals surface area (Å²) in [5, 5.41) is 15.4. The molecule has 2 amide bonds. The fraction of sp³-hybridized carbons (Fsp3) is 0.333. The van der Waals surface area contributed by atoms with E-state index in [0.717, 1.165) is 0 Å². The van der Waals surface area contributed by atoms with Crippen LogP contribution in [0, 0.1) is 0 Å². The Kier molecular flexibility index (Phi) is 3.33. The van der Waals surface area contributed by atoms with E-state index in [4.69, 9.17) is 0 Å². The number of rotatable bonds is 3. The van der Waals surface area contributed by atoms with Crippen LogP contribution in [0.3, 0.4) is 0 Å². The minimum Gasteiger partial charge on any atom is -0.328 e. The third-order valence-electron chi connectivity index (χ3n) is 2.13. The molecule has 0 fully saturated rings. The van der Waals surface area contributed by atoms with Crippen LogP contribution < -0.4 is 10.6 Å². The molecule has 0 aliphatic rings. The molecule has 7 nitrogen and oxygen atoms in total. The van der Waals surface area contributed by atoms with Gasteiger partial charge in [0.15, 0.2) is 11.0 Å². The molecule has 2 rings (SSSR count). The highest BCUT2D eigenvalue weighted by Gasteiger charge is 2.14. The number of carbonyl (C=O) groups is 1. The molecule has 0 aliphatic carbocycles. The summed E-state index contributed by atoms with van der Waals surface area (Å²) in [6.45, 7) is 1.84. The molecular weight excluding hydrogens is 240 g/mol. The SMILES string of the molecule is C[C@@H](NC(=O)Nc1nccs1)c1nncn1C. The van der Waals surface area contributed by atoms with Crippen molar-refractivity contribution in [2.24, 2.45) is 7.05 Å². The predicted octanol–water partition coefficient (Wildman–Crippen LogP) is 1.15. The van der Waals surface area contributed by atoms with Crippen molar-refractivity contribution >= 4 is 22.5 Å². The van der Waals surface area contributed by atoms with E-state index in [1.54, 1.807) is 22.5 Å². The molecule has 0 bridgehead atoms. The van der Waals surface area contributed by atoms with Gasteiger partial charge in [-0.15, -0.1) is 21.5 Å². The summed E-state index contributed by atoms with van der Waals surface area (Å²) in [5.74, 6) is 0.694. The number of aryl methyl sites for hydroxylation is 1. The molecule has 2 heterocycles. The number of hydrogen-bond acceptors (Lipinski definition) is 5. The highest BCUT2D eigenvalue weighted by atomic mass is 32.1. The van der Waals surface area contributed by atoms with Gasteiger partial charge in [-0.05, 0) is 6.92 Å². The zero-order valence-corrected chi connectivity index (χ0v) is 10.2. The van der Waals surface area contributed by atoms with Crippen molar-refractivity contribution < 1.29 is 4.79 Å². The number of urea groups is 1. The van der Waals surface area contributed by atoms with Crippen molar-refractivity contribution in [2.75, 3.05) is 5.32 Å². The van der Waals surface area contributed by atoms with Gasteiger partial charge in [0.25, 0.3) is 0 Å². The fourth-order valence-electron chi connectivity index (χ4n) is 1.36. The van der Waals surface area contributed by atoms with Gasteiger partial charge in [-0.1, -0.05) is 0 Å². The van der Waals surface area contributed by atoms with E-state index in [1.165, 1.54) is 11.3 Å². The van der Waals surface area contributed by atoms with Gasteiger partial charge in [0.1, 0.15) is 6.33 Å². The standard InChI is InChI=1S/C9H12N6OS/c1-6(7-14-11-5-15(7)2)12-8(16)13-9-10-3-4-17-9/h3-6H,1-2H3,(H2,10,12,13,16)/t6-/m1/s1. The van der Waals surface area contributed by atoms with Gasteiger partial charge in [0.05, 0.1) is 6.04 Å². The Labute approximate surface area is 102 Å². The second-order valence-corrected chi connectivity index (χ2v) is 4.35. The van der Waals surface area contributed by atoms with E-state index in [2.05, 4.69) is 25.8 Å². The molecule has 8 heteroatoms. The number of carbonyl (C=O) groups excluding carboxylic acids is 1. The van der Waals surface area contributed by atoms with Crippen molar-refractivity contribution in [2.45, 2.75) is 13.0 Å². The van der Waals surface area contributed by atoms with Crippen molar-refractivity contribution in [1.29, 1.82) is 0 Å². The molecule has 0 saturated carbocycles. The van der Waals surface area contributed by atoms with Crippen molar-refractivity contribution in [3.05, 3.63) is 23.7 Å². The molecule has 0 radical (unpaired) electrons. The molecule has 2 aromatic heterocycles. The number of hydrogen-bond donors (Lipinski definition) is 2. The van der Waals surface area contributed by atoms with Crippen molar-refractivity contribution in [1.82, 2.24) is 25.1 Å². The Balaban J connectivity index is 1.93. The summed E-state index contributed by atoms with van der Waals surface area (Å²) in [6.07, 6.45) is 3.22. The molecule has 0 aromatic carbocycles. The van der Waals surface area contributed by atoms with Gasteiger partial charge in [0, 0.05) is 18.6 Å². The largest absolute Gasteiger partial charge is 0.328 e. The molecule has 0 unspecified atom stereocenters. The third kappa shape index (κ3) is 2.78. The average Bonchev–Trinajstić information content (AvgIpc) is 2.88. The van der Waals surface area contributed by atoms with Crippen LogP contribution in [0.25, 0.3) is 0 Å². The highest BCUT2D eigenvalue weighted by molar-refractivity contribution is 7.13. The first-order chi connectivity index (χ1) is 8.16. The maximum absolute atomic E-state index is 11.6. The monoisotopic (exact) mass is 252 g/mol. The zero-order valence-electron chi connectivity index (χ0n) is 9.41. The van der Waals surface area contributed by atoms with Crippen LogP contribution >= 0.6 is 11.3 Å². The summed E-state index contributed by atoms with van der Waals surface area (Å²) in [5.41, 5.74) is 0. The molecule has 0 spiro atoms. The summed E-state index contributed by atoms with van der Waals surface area (Å²) in [6, 6.07) is -0.530. The summed E-state index contributed by atoms with van der Waals surface area (Å²) in [7, 11) is 1.83. The van der Waals surface area contributed by atoms with Crippen molar-refractivity contribution in [3.63, 3.8) is 0 Å².